The topological polar surface area (TPSA) is 26.2 Å². The second-order valence-corrected chi connectivity index (χ2v) is 20.0. The summed E-state index contributed by atoms with van der Waals surface area (Å²) in [7, 11) is 0. The van der Waals surface area contributed by atoms with E-state index in [1.807, 2.05) is 0 Å². The lowest BCUT2D eigenvalue weighted by atomic mass is 10.0. The van der Waals surface area contributed by atoms with E-state index in [9.17, 15) is 0 Å². The first-order valence-corrected chi connectivity index (χ1v) is 27.0. The number of aryl methyl sites for hydroxylation is 4. The molecule has 0 N–H and O–H groups in total. The number of hydrogen-bond donors (Lipinski definition) is 0. The van der Waals surface area contributed by atoms with Crippen LogP contribution in [0.5, 0.6) is 0 Å². The van der Waals surface area contributed by atoms with E-state index in [4.69, 9.17) is 0 Å². The Labute approximate surface area is 440 Å². The molecule has 0 fully saturated rings. The first-order valence-electron chi connectivity index (χ1n) is 27.0. The largest absolute Gasteiger partial charge is 0.345 e. The molecule has 0 amide bonds. The van der Waals surface area contributed by atoms with Crippen LogP contribution in [0.25, 0.3) is 56.2 Å². The van der Waals surface area contributed by atoms with Gasteiger partial charge >= 0.3 is 0 Å². The maximum absolute atomic E-state index is 2.43. The lowest BCUT2D eigenvalue weighted by molar-refractivity contribution is 0.672. The minimum atomic E-state index is 1.01. The van der Waals surface area contributed by atoms with Crippen molar-refractivity contribution in [3.05, 3.63) is 217 Å². The molecule has 4 heterocycles. The number of hydrogen-bond acceptors (Lipinski definition) is 2. The second kappa shape index (κ2) is 22.0. The zero-order valence-electron chi connectivity index (χ0n) is 44.8. The summed E-state index contributed by atoms with van der Waals surface area (Å²) in [6, 6.07) is 72.5. The highest BCUT2D eigenvalue weighted by Crippen LogP contribution is 2.41. The van der Waals surface area contributed by atoms with Crippen LogP contribution >= 0.6 is 0 Å². The fraction of sp³-hybridized carbons (Fsp3) is 0.235. The molecule has 6 heteroatoms. The van der Waals surface area contributed by atoms with Crippen molar-refractivity contribution in [2.75, 3.05) is 9.80 Å². The summed E-state index contributed by atoms with van der Waals surface area (Å²) < 4.78 is 9.73. The van der Waals surface area contributed by atoms with Gasteiger partial charge in [0.1, 0.15) is 0 Å². The van der Waals surface area contributed by atoms with Crippen LogP contribution in [0.4, 0.5) is 34.1 Å². The van der Waals surface area contributed by atoms with Crippen molar-refractivity contribution in [1.82, 2.24) is 18.3 Å². The zero-order chi connectivity index (χ0) is 51.3. The van der Waals surface area contributed by atoms with E-state index < -0.39 is 0 Å². The van der Waals surface area contributed by atoms with Gasteiger partial charge in [-0.2, -0.15) is 0 Å². The Kier molecular flexibility index (Phi) is 14.8. The monoisotopic (exact) mass is 973 g/mol. The van der Waals surface area contributed by atoms with Crippen LogP contribution in [0.2, 0.25) is 0 Å². The van der Waals surface area contributed by atoms with E-state index in [0.29, 0.717) is 0 Å². The molecule has 4 aromatic heterocycles. The van der Waals surface area contributed by atoms with Crippen LogP contribution in [0.1, 0.15) is 76.2 Å². The Morgan fingerprint density at radius 1 is 0.230 bits per heavy atom. The summed E-state index contributed by atoms with van der Waals surface area (Å²) in [5, 5.41) is 0. The highest BCUT2D eigenvalue weighted by atomic mass is 15.1. The number of benzene rings is 6. The van der Waals surface area contributed by atoms with E-state index >= 15 is 0 Å². The Morgan fingerprint density at radius 2 is 0.405 bits per heavy atom. The van der Waals surface area contributed by atoms with E-state index in [1.54, 1.807) is 0 Å². The van der Waals surface area contributed by atoms with Gasteiger partial charge in [0.15, 0.2) is 0 Å². The third-order valence-corrected chi connectivity index (χ3v) is 14.9. The predicted octanol–water partition coefficient (Wildman–Crippen LogP) is 19.0. The molecular formula is C68H72N6. The van der Waals surface area contributed by atoms with Gasteiger partial charge in [0.2, 0.25) is 0 Å². The number of anilines is 6. The molecule has 0 unspecified atom stereocenters. The van der Waals surface area contributed by atoms with Crippen molar-refractivity contribution in [3.63, 3.8) is 0 Å². The molecule has 10 aromatic rings. The SMILES string of the molecule is CCCn1c(C)ccc1-c1ccc(N(c2ccc(-c3ccc(N(c4ccc(-c5ccc(C)n5CCC)cc4)c4ccc(-c5ccc(C)n5CCC)cc4)cc3)cc2)c2ccc(-c3ccc(C)n3CCC)cc2)cc1. The Balaban J connectivity index is 0.975. The summed E-state index contributed by atoms with van der Waals surface area (Å²) in [6.45, 7) is 21.8. The third kappa shape index (κ3) is 9.94. The third-order valence-electron chi connectivity index (χ3n) is 14.9. The molecule has 0 atom stereocenters. The maximum atomic E-state index is 2.43. The molecule has 374 valence electrons. The molecule has 0 aliphatic carbocycles. The van der Waals surface area contributed by atoms with E-state index in [-0.39, 0.29) is 0 Å². The quantitative estimate of drug-likeness (QED) is 0.0807. The van der Waals surface area contributed by atoms with Crippen LogP contribution in [-0.2, 0) is 26.2 Å². The van der Waals surface area contributed by atoms with Crippen LogP contribution in [0.15, 0.2) is 194 Å². The van der Waals surface area contributed by atoms with Crippen molar-refractivity contribution in [3.8, 4) is 56.2 Å². The van der Waals surface area contributed by atoms with Gasteiger partial charge in [-0.15, -0.1) is 0 Å². The molecule has 0 aliphatic heterocycles. The first-order chi connectivity index (χ1) is 36.2. The van der Waals surface area contributed by atoms with E-state index in [1.165, 1.54) is 78.9 Å². The lowest BCUT2D eigenvalue weighted by Gasteiger charge is -2.27. The van der Waals surface area contributed by atoms with Gasteiger partial charge in [0.05, 0.1) is 0 Å². The lowest BCUT2D eigenvalue weighted by Crippen LogP contribution is -2.10. The first kappa shape index (κ1) is 49.6. The van der Waals surface area contributed by atoms with Gasteiger partial charge < -0.3 is 28.1 Å². The molecule has 0 radical (unpaired) electrons. The fourth-order valence-corrected chi connectivity index (χ4v) is 11.0. The van der Waals surface area contributed by atoms with Gasteiger partial charge in [0, 0.05) is 106 Å². The highest BCUT2D eigenvalue weighted by molar-refractivity contribution is 5.83. The molecule has 6 nitrogen and oxygen atoms in total. The van der Waals surface area contributed by atoms with Crippen LogP contribution in [-0.4, -0.2) is 18.3 Å². The zero-order valence-corrected chi connectivity index (χ0v) is 44.8. The van der Waals surface area contributed by atoms with Gasteiger partial charge in [-0.1, -0.05) is 100 Å². The van der Waals surface area contributed by atoms with Gasteiger partial charge in [0.25, 0.3) is 0 Å². The summed E-state index contributed by atoms with van der Waals surface area (Å²) in [4.78, 5) is 4.76. The summed E-state index contributed by atoms with van der Waals surface area (Å²) in [5.41, 5.74) is 24.2. The smallest absolute Gasteiger partial charge is 0.0482 e. The van der Waals surface area contributed by atoms with Crippen LogP contribution < -0.4 is 9.80 Å². The van der Waals surface area contributed by atoms with E-state index in [0.717, 1.165) is 86.0 Å². The maximum Gasteiger partial charge on any atom is 0.0482 e. The predicted molar refractivity (Wildman–Crippen MR) is 315 cm³/mol. The minimum absolute atomic E-state index is 1.01. The minimum Gasteiger partial charge on any atom is -0.345 e. The molecule has 0 bridgehead atoms. The average molecular weight is 973 g/mol. The standard InChI is InChI=1S/C68H72N6/c1-9-45-69-49(5)13-41-65(69)55-21-33-61(34-22-55)73(62-35-23-56(24-36-62)66-42-14-50(6)70(66)46-10-2)59-29-17-53(18-30-59)54-19-31-60(32-20-54)74(63-37-25-57(26-38-63)67-43-15-51(7)71(67)47-11-3)64-39-27-58(28-40-64)68-44-16-52(8)72(68)48-12-4/h13-44H,9-12,45-48H2,1-8H3. The second-order valence-electron chi connectivity index (χ2n) is 20.0. The van der Waals surface area contributed by atoms with Crippen molar-refractivity contribution in [1.29, 1.82) is 0 Å². The van der Waals surface area contributed by atoms with Gasteiger partial charge in [-0.05, 0) is 208 Å². The normalized spacial score (nSPS) is 11.4. The van der Waals surface area contributed by atoms with Gasteiger partial charge in [-0.25, -0.2) is 0 Å². The highest BCUT2D eigenvalue weighted by Gasteiger charge is 2.19. The number of rotatable bonds is 19. The van der Waals surface area contributed by atoms with Crippen molar-refractivity contribution >= 4 is 34.1 Å². The summed E-state index contributed by atoms with van der Waals surface area (Å²) >= 11 is 0. The van der Waals surface area contributed by atoms with Crippen molar-refractivity contribution < 1.29 is 0 Å². The Hall–Kier alpha value is -7.96. The molecule has 0 aliphatic rings. The molecule has 74 heavy (non-hydrogen) atoms. The summed E-state index contributed by atoms with van der Waals surface area (Å²) in [6.07, 6.45) is 4.39. The fourth-order valence-electron chi connectivity index (χ4n) is 11.0. The number of nitrogens with zero attached hydrogens (tertiary/aromatic N) is 6. The molecule has 0 saturated heterocycles. The van der Waals surface area contributed by atoms with Crippen LogP contribution in [0, 0.1) is 27.7 Å². The Bertz CT molecular complexity index is 3010. The van der Waals surface area contributed by atoms with Gasteiger partial charge in [-0.3, -0.25) is 0 Å². The van der Waals surface area contributed by atoms with Crippen molar-refractivity contribution in [2.24, 2.45) is 0 Å². The molecular weight excluding hydrogens is 901 g/mol. The molecule has 0 saturated carbocycles. The van der Waals surface area contributed by atoms with E-state index in [2.05, 4.69) is 278 Å². The molecule has 6 aromatic carbocycles. The number of aromatic nitrogens is 4. The molecule has 0 spiro atoms. The molecule has 10 rings (SSSR count). The van der Waals surface area contributed by atoms with Crippen molar-refractivity contribution in [2.45, 2.75) is 107 Å². The Morgan fingerprint density at radius 3 is 0.581 bits per heavy atom. The summed E-state index contributed by atoms with van der Waals surface area (Å²) in [5.74, 6) is 0. The average Bonchev–Trinajstić information content (AvgIpc) is 4.21. The van der Waals surface area contributed by atoms with Crippen LogP contribution in [0.3, 0.4) is 0 Å².